The second-order valence-corrected chi connectivity index (χ2v) is 4.51. The molecule has 2 aromatic rings. The molecule has 2 heterocycles. The smallest absolute Gasteiger partial charge is 0.239 e. The molecule has 0 atom stereocenters. The lowest BCUT2D eigenvalue weighted by Gasteiger charge is -2.19. The molecule has 0 saturated heterocycles. The van der Waals surface area contributed by atoms with Crippen LogP contribution in [0.25, 0.3) is 0 Å². The van der Waals surface area contributed by atoms with E-state index in [4.69, 9.17) is 19.9 Å². The molecule has 0 aliphatic carbocycles. The van der Waals surface area contributed by atoms with Crippen LogP contribution < -0.4 is 25.3 Å². The highest BCUT2D eigenvalue weighted by Crippen LogP contribution is 2.33. The van der Waals surface area contributed by atoms with E-state index in [0.29, 0.717) is 37.2 Å². The van der Waals surface area contributed by atoms with Crippen LogP contribution in [0.2, 0.25) is 0 Å². The summed E-state index contributed by atoms with van der Waals surface area (Å²) in [7, 11) is 0. The molecule has 0 fully saturated rings. The van der Waals surface area contributed by atoms with Crippen molar-refractivity contribution >= 4 is 17.2 Å². The first kappa shape index (κ1) is 13.4. The number of aromatic nitrogens is 1. The fraction of sp³-hybridized carbons (Fsp3) is 0.267. The third-order valence-electron chi connectivity index (χ3n) is 2.99. The number of ether oxygens (including phenoxy) is 3. The zero-order valence-corrected chi connectivity index (χ0v) is 11.8. The van der Waals surface area contributed by atoms with Crippen LogP contribution in [-0.2, 0) is 0 Å². The van der Waals surface area contributed by atoms with Crippen LogP contribution in [-0.4, -0.2) is 24.8 Å². The second kappa shape index (κ2) is 5.78. The number of hydrogen-bond donors (Lipinski definition) is 2. The first-order chi connectivity index (χ1) is 10.3. The molecule has 0 spiro atoms. The van der Waals surface area contributed by atoms with Gasteiger partial charge in [-0.3, -0.25) is 0 Å². The van der Waals surface area contributed by atoms with Crippen LogP contribution in [0.5, 0.6) is 17.4 Å². The fourth-order valence-electron chi connectivity index (χ4n) is 2.04. The molecule has 3 N–H and O–H groups in total. The van der Waals surface area contributed by atoms with E-state index in [9.17, 15) is 0 Å². The van der Waals surface area contributed by atoms with E-state index in [1.807, 2.05) is 25.1 Å². The molecule has 110 valence electrons. The zero-order chi connectivity index (χ0) is 14.7. The molecule has 0 radical (unpaired) electrons. The van der Waals surface area contributed by atoms with Crippen molar-refractivity contribution in [2.24, 2.45) is 0 Å². The van der Waals surface area contributed by atoms with Gasteiger partial charge in [-0.1, -0.05) is 0 Å². The molecule has 1 aliphatic rings. The van der Waals surface area contributed by atoms with Crippen molar-refractivity contribution < 1.29 is 14.2 Å². The van der Waals surface area contributed by atoms with Gasteiger partial charge in [0.1, 0.15) is 19.0 Å². The zero-order valence-electron chi connectivity index (χ0n) is 11.8. The lowest BCUT2D eigenvalue weighted by Crippen LogP contribution is -2.15. The molecular formula is C15H17N3O3. The van der Waals surface area contributed by atoms with Crippen molar-refractivity contribution in [2.75, 3.05) is 30.9 Å². The molecule has 6 heteroatoms. The summed E-state index contributed by atoms with van der Waals surface area (Å²) >= 11 is 0. The van der Waals surface area contributed by atoms with Gasteiger partial charge >= 0.3 is 0 Å². The summed E-state index contributed by atoms with van der Waals surface area (Å²) < 4.78 is 16.4. The van der Waals surface area contributed by atoms with E-state index in [1.54, 1.807) is 12.1 Å². The van der Waals surface area contributed by atoms with E-state index in [-0.39, 0.29) is 0 Å². The maximum absolute atomic E-state index is 5.81. The van der Waals surface area contributed by atoms with Gasteiger partial charge in [0.05, 0.1) is 12.3 Å². The summed E-state index contributed by atoms with van der Waals surface area (Å²) in [5, 5.41) is 3.20. The first-order valence-corrected chi connectivity index (χ1v) is 6.82. The van der Waals surface area contributed by atoms with E-state index < -0.39 is 0 Å². The van der Waals surface area contributed by atoms with E-state index in [1.165, 1.54) is 0 Å². The number of pyridine rings is 1. The van der Waals surface area contributed by atoms with Gasteiger partial charge in [-0.15, -0.1) is 0 Å². The minimum absolute atomic E-state index is 0.431. The Kier molecular flexibility index (Phi) is 3.68. The number of fused-ring (bicyclic) bond motifs is 1. The molecule has 0 saturated carbocycles. The van der Waals surface area contributed by atoms with Crippen LogP contribution in [0, 0.1) is 0 Å². The average Bonchev–Trinajstić information content (AvgIpc) is 2.51. The summed E-state index contributed by atoms with van der Waals surface area (Å²) in [6.07, 6.45) is 0. The quantitative estimate of drug-likeness (QED) is 0.899. The maximum atomic E-state index is 5.81. The van der Waals surface area contributed by atoms with E-state index >= 15 is 0 Å². The van der Waals surface area contributed by atoms with Gasteiger partial charge < -0.3 is 25.3 Å². The molecular weight excluding hydrogens is 270 g/mol. The van der Waals surface area contributed by atoms with Gasteiger partial charge in [-0.2, -0.15) is 4.98 Å². The number of benzene rings is 1. The SMILES string of the molecule is CCOc1nc(Nc2ccc3c(c2)OCCO3)ccc1N. The number of nitrogens with zero attached hydrogens (tertiary/aromatic N) is 1. The highest BCUT2D eigenvalue weighted by atomic mass is 16.6. The number of nitrogen functional groups attached to an aromatic ring is 1. The topological polar surface area (TPSA) is 78.6 Å². The average molecular weight is 287 g/mol. The Morgan fingerprint density at radius 3 is 2.81 bits per heavy atom. The van der Waals surface area contributed by atoms with Crippen molar-refractivity contribution in [3.63, 3.8) is 0 Å². The van der Waals surface area contributed by atoms with Gasteiger partial charge in [0.2, 0.25) is 5.88 Å². The molecule has 6 nitrogen and oxygen atoms in total. The van der Waals surface area contributed by atoms with Crippen LogP contribution in [0.15, 0.2) is 30.3 Å². The predicted molar refractivity (Wildman–Crippen MR) is 80.5 cm³/mol. The van der Waals surface area contributed by atoms with E-state index in [2.05, 4.69) is 10.3 Å². The summed E-state index contributed by atoms with van der Waals surface area (Å²) in [5.41, 5.74) is 7.19. The molecule has 1 aromatic heterocycles. The Morgan fingerprint density at radius 1 is 1.19 bits per heavy atom. The highest BCUT2D eigenvalue weighted by Gasteiger charge is 2.12. The van der Waals surface area contributed by atoms with Crippen LogP contribution in [0.4, 0.5) is 17.2 Å². The van der Waals surface area contributed by atoms with Crippen molar-refractivity contribution in [2.45, 2.75) is 6.92 Å². The van der Waals surface area contributed by atoms with Gasteiger partial charge in [0.25, 0.3) is 0 Å². The number of nitrogens with one attached hydrogen (secondary N) is 1. The number of nitrogens with two attached hydrogens (primary N) is 1. The second-order valence-electron chi connectivity index (χ2n) is 4.51. The van der Waals surface area contributed by atoms with Crippen molar-refractivity contribution in [1.29, 1.82) is 0 Å². The number of rotatable bonds is 4. The Morgan fingerprint density at radius 2 is 2.00 bits per heavy atom. The Labute approximate surface area is 122 Å². The van der Waals surface area contributed by atoms with Crippen molar-refractivity contribution in [3.8, 4) is 17.4 Å². The Bertz CT molecular complexity index is 646. The normalized spacial score (nSPS) is 12.8. The molecule has 1 aromatic carbocycles. The van der Waals surface area contributed by atoms with Gasteiger partial charge in [-0.25, -0.2) is 0 Å². The largest absolute Gasteiger partial charge is 0.486 e. The van der Waals surface area contributed by atoms with Crippen molar-refractivity contribution in [1.82, 2.24) is 4.98 Å². The van der Waals surface area contributed by atoms with Crippen LogP contribution >= 0.6 is 0 Å². The third-order valence-corrected chi connectivity index (χ3v) is 2.99. The molecule has 0 bridgehead atoms. The van der Waals surface area contributed by atoms with Gasteiger partial charge in [0.15, 0.2) is 11.5 Å². The number of hydrogen-bond acceptors (Lipinski definition) is 6. The lowest BCUT2D eigenvalue weighted by molar-refractivity contribution is 0.171. The minimum atomic E-state index is 0.431. The molecule has 1 aliphatic heterocycles. The molecule has 0 unspecified atom stereocenters. The third kappa shape index (κ3) is 2.94. The molecule has 0 amide bonds. The van der Waals surface area contributed by atoms with Crippen LogP contribution in [0.1, 0.15) is 6.92 Å². The standard InChI is InChI=1S/C15H17N3O3/c1-2-19-15-11(16)4-6-14(18-15)17-10-3-5-12-13(9-10)21-8-7-20-12/h3-6,9H,2,7-8,16H2,1H3,(H,17,18). The first-order valence-electron chi connectivity index (χ1n) is 6.82. The minimum Gasteiger partial charge on any atom is -0.486 e. The maximum Gasteiger partial charge on any atom is 0.239 e. The fourth-order valence-corrected chi connectivity index (χ4v) is 2.04. The highest BCUT2D eigenvalue weighted by molar-refractivity contribution is 5.64. The summed E-state index contributed by atoms with van der Waals surface area (Å²) in [4.78, 5) is 4.34. The number of anilines is 3. The summed E-state index contributed by atoms with van der Waals surface area (Å²) in [6.45, 7) is 3.55. The molecule has 21 heavy (non-hydrogen) atoms. The van der Waals surface area contributed by atoms with E-state index in [0.717, 1.165) is 17.2 Å². The Balaban J connectivity index is 1.81. The van der Waals surface area contributed by atoms with Gasteiger partial charge in [0, 0.05) is 11.8 Å². The monoisotopic (exact) mass is 287 g/mol. The lowest BCUT2D eigenvalue weighted by atomic mass is 10.2. The van der Waals surface area contributed by atoms with Crippen molar-refractivity contribution in [3.05, 3.63) is 30.3 Å². The summed E-state index contributed by atoms with van der Waals surface area (Å²) in [6, 6.07) is 9.23. The van der Waals surface area contributed by atoms with Gasteiger partial charge in [-0.05, 0) is 31.2 Å². The van der Waals surface area contributed by atoms with Crippen LogP contribution in [0.3, 0.4) is 0 Å². The molecule has 3 rings (SSSR count). The Hall–Kier alpha value is -2.63. The predicted octanol–water partition coefficient (Wildman–Crippen LogP) is 2.58. The summed E-state index contributed by atoms with van der Waals surface area (Å²) in [5.74, 6) is 2.57.